The van der Waals surface area contributed by atoms with Gasteiger partial charge in [0.05, 0.1) is 37.4 Å². The van der Waals surface area contributed by atoms with Crippen molar-refractivity contribution in [3.8, 4) is 5.75 Å². The Kier molecular flexibility index (Phi) is 9.08. The van der Waals surface area contributed by atoms with Crippen LogP contribution in [0.15, 0.2) is 6.20 Å². The fourth-order valence-electron chi connectivity index (χ4n) is 3.27. The number of aryl methyl sites for hydroxylation is 1. The largest absolute Gasteiger partial charge is 0.506 e. The molecular weight excluding hydrogens is 446 g/mol. The van der Waals surface area contributed by atoms with Crippen LogP contribution in [0.1, 0.15) is 36.6 Å². The van der Waals surface area contributed by atoms with Gasteiger partial charge in [-0.1, -0.05) is 0 Å². The van der Waals surface area contributed by atoms with Crippen LogP contribution in [0.5, 0.6) is 5.75 Å². The highest BCUT2D eigenvalue weighted by Gasteiger charge is 2.45. The average molecular weight is 475 g/mol. The Labute approximate surface area is 188 Å². The zero-order valence-corrected chi connectivity index (χ0v) is 18.1. The number of pyridine rings is 1. The second-order valence-corrected chi connectivity index (χ2v) is 8.11. The van der Waals surface area contributed by atoms with Gasteiger partial charge in [-0.25, -0.2) is 0 Å². The van der Waals surface area contributed by atoms with Gasteiger partial charge in [0.1, 0.15) is 36.8 Å². The van der Waals surface area contributed by atoms with Crippen LogP contribution in [0.25, 0.3) is 0 Å². The maximum absolute atomic E-state index is 11.9. The normalized spacial score (nSPS) is 27.1. The molecule has 186 valence electrons. The number of esters is 1. The van der Waals surface area contributed by atoms with E-state index < -0.39 is 74.3 Å². The highest BCUT2D eigenvalue weighted by molar-refractivity contribution is 5.73. The van der Waals surface area contributed by atoms with Gasteiger partial charge in [0.15, 0.2) is 6.29 Å². The van der Waals surface area contributed by atoms with Gasteiger partial charge < -0.3 is 50.0 Å². The van der Waals surface area contributed by atoms with Gasteiger partial charge in [-0.05, 0) is 13.8 Å². The minimum Gasteiger partial charge on any atom is -0.506 e. The fourth-order valence-corrected chi connectivity index (χ4v) is 3.27. The molecular formula is C20H29NO12. The van der Waals surface area contributed by atoms with Gasteiger partial charge in [-0.3, -0.25) is 14.6 Å². The van der Waals surface area contributed by atoms with Gasteiger partial charge in [-0.15, -0.1) is 0 Å². The number of aliphatic hydroxyl groups is 5. The summed E-state index contributed by atoms with van der Waals surface area (Å²) >= 11 is 0. The van der Waals surface area contributed by atoms with Crippen LogP contribution in [0, 0.1) is 6.92 Å². The summed E-state index contributed by atoms with van der Waals surface area (Å²) in [4.78, 5) is 26.6. The quantitative estimate of drug-likeness (QED) is 0.184. The molecule has 0 bridgehead atoms. The van der Waals surface area contributed by atoms with Crippen molar-refractivity contribution in [2.45, 2.75) is 76.2 Å². The maximum atomic E-state index is 11.9. The summed E-state index contributed by atoms with van der Waals surface area (Å²) in [6.45, 7) is 1.31. The fraction of sp³-hybridized carbons (Fsp3) is 0.650. The number of carbonyl (C=O) groups is 2. The lowest BCUT2D eigenvalue weighted by molar-refractivity contribution is -0.304. The van der Waals surface area contributed by atoms with E-state index in [9.17, 15) is 40.2 Å². The van der Waals surface area contributed by atoms with Crippen LogP contribution in [0.4, 0.5) is 0 Å². The van der Waals surface area contributed by atoms with Crippen molar-refractivity contribution in [1.29, 1.82) is 0 Å². The molecule has 1 aromatic rings. The first-order chi connectivity index (χ1) is 15.4. The number of rotatable bonds is 10. The SMILES string of the molecule is Cc1ncc(CO[C@@H]2O[C@H](COC(=O)C[C@@](C)(O)CC(=O)O)[C@@H](O)[C@H](O)[C@H]2O)c(CO)c1O. The highest BCUT2D eigenvalue weighted by Crippen LogP contribution is 2.27. The third kappa shape index (κ3) is 7.04. The molecule has 2 rings (SSSR count). The molecule has 0 spiro atoms. The average Bonchev–Trinajstić information content (AvgIpc) is 2.71. The Morgan fingerprint density at radius 1 is 1.18 bits per heavy atom. The van der Waals surface area contributed by atoms with E-state index in [1.54, 1.807) is 0 Å². The topological polar surface area (TPSA) is 216 Å². The zero-order valence-electron chi connectivity index (χ0n) is 18.1. The molecule has 1 fully saturated rings. The van der Waals surface area contributed by atoms with E-state index in [4.69, 9.17) is 19.3 Å². The lowest BCUT2D eigenvalue weighted by Gasteiger charge is -2.40. The Bertz CT molecular complexity index is 845. The minimum absolute atomic E-state index is 0.160. The Hall–Kier alpha value is -2.39. The van der Waals surface area contributed by atoms with Gasteiger partial charge in [0, 0.05) is 17.3 Å². The third-order valence-electron chi connectivity index (χ3n) is 5.13. The Morgan fingerprint density at radius 2 is 1.85 bits per heavy atom. The molecule has 1 aromatic heterocycles. The van der Waals surface area contributed by atoms with Crippen molar-refractivity contribution < 1.29 is 59.5 Å². The number of aromatic nitrogens is 1. The molecule has 0 amide bonds. The standard InChI is InChI=1S/C20H29NO12/c1-9-15(26)11(6-22)10(5-21-9)7-32-19-18(29)17(28)16(27)12(33-19)8-31-14(25)4-20(2,30)3-13(23)24/h5,12,16-19,22,26-30H,3-4,6-8H2,1-2H3,(H,23,24)/t12-,16-,17+,18-,19-,20+/m1/s1. The van der Waals surface area contributed by atoms with E-state index in [-0.39, 0.29) is 17.9 Å². The molecule has 1 aliphatic heterocycles. The second-order valence-electron chi connectivity index (χ2n) is 8.11. The van der Waals surface area contributed by atoms with Crippen molar-refractivity contribution >= 4 is 11.9 Å². The van der Waals surface area contributed by atoms with Crippen LogP contribution in [-0.4, -0.2) is 95.6 Å². The first-order valence-corrected chi connectivity index (χ1v) is 10.0. The summed E-state index contributed by atoms with van der Waals surface area (Å²) in [5.41, 5.74) is -1.11. The predicted octanol–water partition coefficient (Wildman–Crippen LogP) is -1.93. The summed E-state index contributed by atoms with van der Waals surface area (Å²) in [5.74, 6) is -2.50. The molecule has 0 radical (unpaired) electrons. The molecule has 0 aromatic carbocycles. The summed E-state index contributed by atoms with van der Waals surface area (Å²) < 4.78 is 15.8. The number of hydrogen-bond donors (Lipinski definition) is 7. The number of carboxylic acid groups (broad SMARTS) is 1. The van der Waals surface area contributed by atoms with Crippen LogP contribution >= 0.6 is 0 Å². The van der Waals surface area contributed by atoms with Crippen molar-refractivity contribution in [2.24, 2.45) is 0 Å². The molecule has 1 aliphatic rings. The van der Waals surface area contributed by atoms with E-state index in [0.717, 1.165) is 6.92 Å². The van der Waals surface area contributed by atoms with E-state index in [0.29, 0.717) is 11.3 Å². The zero-order chi connectivity index (χ0) is 24.9. The van der Waals surface area contributed by atoms with Crippen LogP contribution in [-0.2, 0) is 37.0 Å². The molecule has 0 saturated carbocycles. The lowest BCUT2D eigenvalue weighted by atomic mass is 9.98. The van der Waals surface area contributed by atoms with Crippen LogP contribution < -0.4 is 0 Å². The molecule has 0 aliphatic carbocycles. The summed E-state index contributed by atoms with van der Waals surface area (Å²) in [6, 6.07) is 0. The monoisotopic (exact) mass is 475 g/mol. The number of carboxylic acids is 1. The lowest BCUT2D eigenvalue weighted by Crippen LogP contribution is -2.59. The third-order valence-corrected chi connectivity index (χ3v) is 5.13. The van der Waals surface area contributed by atoms with Crippen molar-refractivity contribution in [2.75, 3.05) is 6.61 Å². The van der Waals surface area contributed by atoms with Gasteiger partial charge in [0.25, 0.3) is 0 Å². The number of aliphatic carboxylic acids is 1. The number of nitrogens with zero attached hydrogens (tertiary/aromatic N) is 1. The number of aromatic hydroxyl groups is 1. The first-order valence-electron chi connectivity index (χ1n) is 10.0. The van der Waals surface area contributed by atoms with E-state index >= 15 is 0 Å². The Balaban J connectivity index is 2.00. The second kappa shape index (κ2) is 11.2. The molecule has 1 saturated heterocycles. The van der Waals surface area contributed by atoms with Crippen LogP contribution in [0.2, 0.25) is 0 Å². The number of hydrogen-bond acceptors (Lipinski definition) is 12. The highest BCUT2D eigenvalue weighted by atomic mass is 16.7. The molecule has 0 unspecified atom stereocenters. The van der Waals surface area contributed by atoms with Crippen molar-refractivity contribution in [3.63, 3.8) is 0 Å². The van der Waals surface area contributed by atoms with Gasteiger partial charge in [0.2, 0.25) is 0 Å². The van der Waals surface area contributed by atoms with E-state index in [1.165, 1.54) is 13.1 Å². The Morgan fingerprint density at radius 3 is 2.45 bits per heavy atom. The minimum atomic E-state index is -1.85. The summed E-state index contributed by atoms with van der Waals surface area (Å²) in [5, 5.41) is 68.6. The summed E-state index contributed by atoms with van der Waals surface area (Å²) in [7, 11) is 0. The molecule has 6 atom stereocenters. The van der Waals surface area contributed by atoms with Crippen LogP contribution in [0.3, 0.4) is 0 Å². The molecule has 2 heterocycles. The number of ether oxygens (including phenoxy) is 3. The van der Waals surface area contributed by atoms with Gasteiger partial charge >= 0.3 is 11.9 Å². The molecule has 33 heavy (non-hydrogen) atoms. The smallest absolute Gasteiger partial charge is 0.308 e. The van der Waals surface area contributed by atoms with Crippen molar-refractivity contribution in [3.05, 3.63) is 23.0 Å². The summed E-state index contributed by atoms with van der Waals surface area (Å²) in [6.07, 6.45) is -7.81. The van der Waals surface area contributed by atoms with E-state index in [2.05, 4.69) is 4.98 Å². The molecule has 13 nitrogen and oxygen atoms in total. The van der Waals surface area contributed by atoms with Crippen molar-refractivity contribution in [1.82, 2.24) is 4.98 Å². The maximum Gasteiger partial charge on any atom is 0.308 e. The van der Waals surface area contributed by atoms with E-state index in [1.807, 2.05) is 0 Å². The van der Waals surface area contributed by atoms with Gasteiger partial charge in [-0.2, -0.15) is 0 Å². The molecule has 13 heteroatoms. The number of carbonyl (C=O) groups excluding carboxylic acids is 1. The number of aliphatic hydroxyl groups excluding tert-OH is 4. The first kappa shape index (κ1) is 26.9. The predicted molar refractivity (Wildman–Crippen MR) is 106 cm³/mol. The molecule has 7 N–H and O–H groups in total.